The summed E-state index contributed by atoms with van der Waals surface area (Å²) < 4.78 is 7.43. The van der Waals surface area contributed by atoms with E-state index in [0.717, 1.165) is 20.3 Å². The van der Waals surface area contributed by atoms with Crippen LogP contribution >= 0.6 is 31.9 Å². The van der Waals surface area contributed by atoms with Crippen LogP contribution in [0.2, 0.25) is 0 Å². The first-order valence-corrected chi connectivity index (χ1v) is 6.50. The van der Waals surface area contributed by atoms with Gasteiger partial charge in [0.1, 0.15) is 5.75 Å². The largest absolute Gasteiger partial charge is 0.438 e. The highest BCUT2D eigenvalue weighted by Crippen LogP contribution is 2.31. The maximum Gasteiger partial charge on any atom is 0.233 e. The number of ether oxygens (including phenoxy) is 1. The molecule has 1 aromatic carbocycles. The fraction of sp³-hybridized carbons (Fsp3) is 0.0833. The number of halogens is 2. The maximum atomic E-state index is 5.73. The number of aromatic nitrogens is 1. The molecule has 0 spiro atoms. The van der Waals surface area contributed by atoms with E-state index in [1.807, 2.05) is 25.1 Å². The van der Waals surface area contributed by atoms with Crippen LogP contribution in [0.4, 0.5) is 5.69 Å². The molecule has 2 N–H and O–H groups in total. The van der Waals surface area contributed by atoms with E-state index in [1.54, 1.807) is 12.3 Å². The van der Waals surface area contributed by atoms with Gasteiger partial charge in [-0.05, 0) is 46.6 Å². The normalized spacial score (nSPS) is 10.3. The number of aryl methyl sites for hydroxylation is 1. The molecule has 0 fully saturated rings. The van der Waals surface area contributed by atoms with Gasteiger partial charge < -0.3 is 10.5 Å². The van der Waals surface area contributed by atoms with Crippen molar-refractivity contribution in [2.45, 2.75) is 6.92 Å². The Labute approximate surface area is 116 Å². The first-order chi connectivity index (χ1) is 8.06. The number of nitrogens with two attached hydrogens (primary N) is 1. The monoisotopic (exact) mass is 356 g/mol. The molecule has 2 rings (SSSR count). The van der Waals surface area contributed by atoms with Crippen LogP contribution in [-0.2, 0) is 0 Å². The van der Waals surface area contributed by atoms with Gasteiger partial charge in [0.25, 0.3) is 0 Å². The van der Waals surface area contributed by atoms with Crippen molar-refractivity contribution in [3.8, 4) is 11.6 Å². The van der Waals surface area contributed by atoms with Gasteiger partial charge in [-0.2, -0.15) is 0 Å². The van der Waals surface area contributed by atoms with Crippen LogP contribution in [0.25, 0.3) is 0 Å². The molecule has 0 atom stereocenters. The van der Waals surface area contributed by atoms with Gasteiger partial charge in [0.15, 0.2) is 0 Å². The SMILES string of the molecule is Cc1ccc(Br)cc1Oc1ncc(N)cc1Br. The van der Waals surface area contributed by atoms with E-state index >= 15 is 0 Å². The Hall–Kier alpha value is -1.07. The zero-order valence-corrected chi connectivity index (χ0v) is 12.2. The number of nitrogen functional groups attached to an aromatic ring is 1. The Morgan fingerprint density at radius 1 is 1.24 bits per heavy atom. The van der Waals surface area contributed by atoms with Gasteiger partial charge in [-0.1, -0.05) is 22.0 Å². The van der Waals surface area contributed by atoms with Gasteiger partial charge in [0.2, 0.25) is 5.88 Å². The summed E-state index contributed by atoms with van der Waals surface area (Å²) in [4.78, 5) is 4.13. The van der Waals surface area contributed by atoms with Crippen molar-refractivity contribution in [2.75, 3.05) is 5.73 Å². The lowest BCUT2D eigenvalue weighted by atomic mass is 10.2. The molecule has 0 bridgehead atoms. The standard InChI is InChI=1S/C12H10Br2N2O/c1-7-2-3-8(13)4-11(7)17-12-10(14)5-9(15)6-16-12/h2-6H,15H2,1H3. The van der Waals surface area contributed by atoms with Crippen molar-refractivity contribution in [1.82, 2.24) is 4.98 Å². The number of benzene rings is 1. The minimum Gasteiger partial charge on any atom is -0.438 e. The molecule has 0 aliphatic carbocycles. The summed E-state index contributed by atoms with van der Waals surface area (Å²) in [5.41, 5.74) is 7.25. The molecule has 0 saturated heterocycles. The Kier molecular flexibility index (Phi) is 3.69. The van der Waals surface area contributed by atoms with E-state index in [4.69, 9.17) is 10.5 Å². The lowest BCUT2D eigenvalue weighted by Gasteiger charge is -2.09. The summed E-state index contributed by atoms with van der Waals surface area (Å²) in [6.07, 6.45) is 1.56. The molecule has 0 amide bonds. The topological polar surface area (TPSA) is 48.1 Å². The number of anilines is 1. The fourth-order valence-electron chi connectivity index (χ4n) is 1.30. The second kappa shape index (κ2) is 5.06. The molecule has 2 aromatic rings. The van der Waals surface area contributed by atoms with Crippen molar-refractivity contribution in [3.63, 3.8) is 0 Å². The van der Waals surface area contributed by atoms with E-state index in [-0.39, 0.29) is 0 Å². The number of nitrogens with zero attached hydrogens (tertiary/aromatic N) is 1. The second-order valence-corrected chi connectivity index (χ2v) is 5.34. The average Bonchev–Trinajstić information content (AvgIpc) is 2.27. The Bertz CT molecular complexity index is 558. The van der Waals surface area contributed by atoms with Crippen LogP contribution in [0.15, 0.2) is 39.4 Å². The molecule has 0 radical (unpaired) electrons. The Balaban J connectivity index is 2.34. The van der Waals surface area contributed by atoms with E-state index < -0.39 is 0 Å². The first-order valence-electron chi connectivity index (χ1n) is 4.91. The van der Waals surface area contributed by atoms with Crippen molar-refractivity contribution in [1.29, 1.82) is 0 Å². The highest BCUT2D eigenvalue weighted by atomic mass is 79.9. The van der Waals surface area contributed by atoms with E-state index in [9.17, 15) is 0 Å². The van der Waals surface area contributed by atoms with Crippen molar-refractivity contribution < 1.29 is 4.74 Å². The van der Waals surface area contributed by atoms with Crippen molar-refractivity contribution >= 4 is 37.5 Å². The lowest BCUT2D eigenvalue weighted by molar-refractivity contribution is 0.456. The minimum absolute atomic E-state index is 0.500. The van der Waals surface area contributed by atoms with Crippen LogP contribution in [0, 0.1) is 6.92 Å². The Morgan fingerprint density at radius 3 is 2.71 bits per heavy atom. The summed E-state index contributed by atoms with van der Waals surface area (Å²) in [6, 6.07) is 7.60. The van der Waals surface area contributed by atoms with Gasteiger partial charge in [-0.15, -0.1) is 0 Å². The van der Waals surface area contributed by atoms with E-state index in [1.165, 1.54) is 0 Å². The number of hydrogen-bond donors (Lipinski definition) is 1. The van der Waals surface area contributed by atoms with Gasteiger partial charge in [-0.25, -0.2) is 4.98 Å². The maximum absolute atomic E-state index is 5.73. The summed E-state index contributed by atoms with van der Waals surface area (Å²) in [5.74, 6) is 1.26. The summed E-state index contributed by atoms with van der Waals surface area (Å²) in [6.45, 7) is 1.98. The quantitative estimate of drug-likeness (QED) is 0.872. The van der Waals surface area contributed by atoms with Gasteiger partial charge in [0, 0.05) is 4.47 Å². The van der Waals surface area contributed by atoms with Crippen LogP contribution in [0.1, 0.15) is 5.56 Å². The van der Waals surface area contributed by atoms with E-state index in [2.05, 4.69) is 36.8 Å². The summed E-state index contributed by atoms with van der Waals surface area (Å²) >= 11 is 6.78. The molecule has 17 heavy (non-hydrogen) atoms. The molecule has 1 heterocycles. The number of hydrogen-bond acceptors (Lipinski definition) is 3. The highest BCUT2D eigenvalue weighted by molar-refractivity contribution is 9.10. The van der Waals surface area contributed by atoms with Crippen LogP contribution in [0.5, 0.6) is 11.6 Å². The summed E-state index contributed by atoms with van der Waals surface area (Å²) in [7, 11) is 0. The molecule has 1 aromatic heterocycles. The average molecular weight is 358 g/mol. The van der Waals surface area contributed by atoms with E-state index in [0.29, 0.717) is 11.6 Å². The molecule has 0 saturated carbocycles. The first kappa shape index (κ1) is 12.4. The Morgan fingerprint density at radius 2 is 2.00 bits per heavy atom. The predicted octanol–water partition coefficient (Wildman–Crippen LogP) is 4.29. The van der Waals surface area contributed by atoms with Gasteiger partial charge in [-0.3, -0.25) is 0 Å². The third-order valence-corrected chi connectivity index (χ3v) is 3.25. The summed E-state index contributed by atoms with van der Waals surface area (Å²) in [5, 5.41) is 0. The number of pyridine rings is 1. The molecule has 0 aliphatic heterocycles. The molecular formula is C12H10Br2N2O. The highest BCUT2D eigenvalue weighted by Gasteiger charge is 2.07. The lowest BCUT2D eigenvalue weighted by Crippen LogP contribution is -1.93. The van der Waals surface area contributed by atoms with Crippen LogP contribution in [0.3, 0.4) is 0 Å². The van der Waals surface area contributed by atoms with Crippen molar-refractivity contribution in [3.05, 3.63) is 45.0 Å². The molecule has 0 unspecified atom stereocenters. The molecular weight excluding hydrogens is 348 g/mol. The molecule has 5 heteroatoms. The fourth-order valence-corrected chi connectivity index (χ4v) is 2.09. The molecule has 0 aliphatic rings. The van der Waals surface area contributed by atoms with Crippen LogP contribution < -0.4 is 10.5 Å². The minimum atomic E-state index is 0.500. The zero-order valence-electron chi connectivity index (χ0n) is 9.08. The van der Waals surface area contributed by atoms with Gasteiger partial charge in [0.05, 0.1) is 16.4 Å². The zero-order chi connectivity index (χ0) is 12.4. The molecule has 3 nitrogen and oxygen atoms in total. The second-order valence-electron chi connectivity index (χ2n) is 3.57. The van der Waals surface area contributed by atoms with Gasteiger partial charge >= 0.3 is 0 Å². The third kappa shape index (κ3) is 2.98. The predicted molar refractivity (Wildman–Crippen MR) is 75.3 cm³/mol. The molecule has 88 valence electrons. The third-order valence-electron chi connectivity index (χ3n) is 2.19. The smallest absolute Gasteiger partial charge is 0.233 e. The number of rotatable bonds is 2. The van der Waals surface area contributed by atoms with Crippen LogP contribution in [-0.4, -0.2) is 4.98 Å². The van der Waals surface area contributed by atoms with Crippen molar-refractivity contribution in [2.24, 2.45) is 0 Å².